The number of hydrogen-bond acceptors (Lipinski definition) is 1. The molecule has 1 aliphatic carbocycles. The Balaban J connectivity index is 2.78. The van der Waals surface area contributed by atoms with Crippen molar-refractivity contribution in [2.75, 3.05) is 0 Å². The summed E-state index contributed by atoms with van der Waals surface area (Å²) in [6.07, 6.45) is 2.84. The maximum atomic E-state index is 12.5. The van der Waals surface area contributed by atoms with E-state index in [4.69, 9.17) is 0 Å². The quantitative estimate of drug-likeness (QED) is 0.581. The van der Waals surface area contributed by atoms with Crippen LogP contribution in [-0.2, 0) is 0 Å². The predicted molar refractivity (Wildman–Crippen MR) is 38.5 cm³/mol. The van der Waals surface area contributed by atoms with E-state index in [0.717, 1.165) is 12.2 Å². The summed E-state index contributed by atoms with van der Waals surface area (Å²) in [7, 11) is 0. The Hall–Kier alpha value is -0.700. The molecule has 1 unspecified atom stereocenters. The Labute approximate surface area is 64.0 Å². The Morgan fingerprint density at radius 3 is 2.36 bits per heavy atom. The van der Waals surface area contributed by atoms with Crippen molar-refractivity contribution in [1.82, 2.24) is 0 Å². The first kappa shape index (κ1) is 8.40. The van der Waals surface area contributed by atoms with Crippen molar-refractivity contribution in [3.8, 4) is 0 Å². The number of hydrogen-bond donors (Lipinski definition) is 1. The van der Waals surface area contributed by atoms with Gasteiger partial charge in [-0.1, -0.05) is 12.7 Å². The molecular weight excluding hydrogens is 150 g/mol. The molecule has 0 saturated heterocycles. The average molecular weight is 160 g/mol. The lowest BCUT2D eigenvalue weighted by Crippen LogP contribution is -2.31. The fraction of sp³-hybridized carbons (Fsp3) is 0.500. The van der Waals surface area contributed by atoms with Crippen molar-refractivity contribution in [3.63, 3.8) is 0 Å². The van der Waals surface area contributed by atoms with Gasteiger partial charge in [0.25, 0.3) is 5.92 Å². The number of alkyl halides is 2. The molecule has 1 nitrogen and oxygen atoms in total. The van der Waals surface area contributed by atoms with Crippen molar-refractivity contribution in [1.29, 1.82) is 0 Å². The Kier molecular flexibility index (Phi) is 1.84. The molecule has 0 amide bonds. The van der Waals surface area contributed by atoms with Gasteiger partial charge in [0.2, 0.25) is 0 Å². The highest BCUT2D eigenvalue weighted by Crippen LogP contribution is 2.32. The van der Waals surface area contributed by atoms with E-state index in [1.807, 2.05) is 0 Å². The van der Waals surface area contributed by atoms with Gasteiger partial charge in [-0.05, 0) is 18.6 Å². The standard InChI is InChI=1S/C8H10F2O/c1-2-7(11)3-5-8(9,10)6-4-7/h2-3,5,11H,1,4,6H2. The van der Waals surface area contributed by atoms with Gasteiger partial charge in [-0.3, -0.25) is 0 Å². The average Bonchev–Trinajstić information content (AvgIpc) is 1.97. The molecule has 0 saturated carbocycles. The molecule has 0 fully saturated rings. The molecule has 0 aliphatic heterocycles. The van der Waals surface area contributed by atoms with Crippen LogP contribution in [0.5, 0.6) is 0 Å². The van der Waals surface area contributed by atoms with Gasteiger partial charge in [-0.2, -0.15) is 0 Å². The van der Waals surface area contributed by atoms with E-state index in [2.05, 4.69) is 6.58 Å². The minimum atomic E-state index is -2.75. The van der Waals surface area contributed by atoms with E-state index >= 15 is 0 Å². The number of rotatable bonds is 1. The number of aliphatic hydroxyl groups is 1. The zero-order valence-electron chi connectivity index (χ0n) is 6.06. The van der Waals surface area contributed by atoms with E-state index < -0.39 is 11.5 Å². The molecule has 0 heterocycles. The normalized spacial score (nSPS) is 35.2. The molecule has 3 heteroatoms. The van der Waals surface area contributed by atoms with Crippen LogP contribution in [0.3, 0.4) is 0 Å². The molecule has 1 aliphatic rings. The van der Waals surface area contributed by atoms with Crippen LogP contribution >= 0.6 is 0 Å². The second kappa shape index (κ2) is 2.41. The highest BCUT2D eigenvalue weighted by molar-refractivity contribution is 5.18. The molecule has 0 radical (unpaired) electrons. The minimum Gasteiger partial charge on any atom is -0.382 e. The van der Waals surface area contributed by atoms with Crippen molar-refractivity contribution in [2.45, 2.75) is 24.4 Å². The Morgan fingerprint density at radius 2 is 2.00 bits per heavy atom. The Morgan fingerprint density at radius 1 is 1.36 bits per heavy atom. The first-order chi connectivity index (χ1) is 4.97. The van der Waals surface area contributed by atoms with Gasteiger partial charge in [-0.25, -0.2) is 8.78 Å². The summed E-state index contributed by atoms with van der Waals surface area (Å²) < 4.78 is 24.9. The van der Waals surface area contributed by atoms with Crippen molar-refractivity contribution in [3.05, 3.63) is 24.8 Å². The molecule has 0 aromatic rings. The fourth-order valence-electron chi connectivity index (χ4n) is 0.970. The topological polar surface area (TPSA) is 20.2 Å². The van der Waals surface area contributed by atoms with Crippen molar-refractivity contribution < 1.29 is 13.9 Å². The smallest absolute Gasteiger partial charge is 0.266 e. The first-order valence-corrected chi connectivity index (χ1v) is 3.42. The summed E-state index contributed by atoms with van der Waals surface area (Å²) >= 11 is 0. The lowest BCUT2D eigenvalue weighted by Gasteiger charge is -2.27. The lowest BCUT2D eigenvalue weighted by molar-refractivity contribution is 0.00460. The number of allylic oxidation sites excluding steroid dienone is 1. The van der Waals surface area contributed by atoms with Gasteiger partial charge in [0.1, 0.15) is 5.60 Å². The van der Waals surface area contributed by atoms with Crippen LogP contribution in [0.2, 0.25) is 0 Å². The van der Waals surface area contributed by atoms with E-state index in [-0.39, 0.29) is 12.8 Å². The summed E-state index contributed by atoms with van der Waals surface area (Å²) in [6, 6.07) is 0. The largest absolute Gasteiger partial charge is 0.382 e. The van der Waals surface area contributed by atoms with Gasteiger partial charge in [0.05, 0.1) is 0 Å². The molecular formula is C8H10F2O. The molecule has 0 aromatic heterocycles. The SMILES string of the molecule is C=CC1(O)C=CC(F)(F)CC1. The first-order valence-electron chi connectivity index (χ1n) is 3.42. The van der Waals surface area contributed by atoms with Crippen molar-refractivity contribution in [2.24, 2.45) is 0 Å². The van der Waals surface area contributed by atoms with Crippen LogP contribution in [0, 0.1) is 0 Å². The number of halogens is 2. The second-order valence-corrected chi connectivity index (χ2v) is 2.79. The molecule has 0 spiro atoms. The second-order valence-electron chi connectivity index (χ2n) is 2.79. The van der Waals surface area contributed by atoms with Gasteiger partial charge >= 0.3 is 0 Å². The van der Waals surface area contributed by atoms with Crippen molar-refractivity contribution >= 4 is 0 Å². The monoisotopic (exact) mass is 160 g/mol. The molecule has 0 bridgehead atoms. The van der Waals surface area contributed by atoms with E-state index in [1.54, 1.807) is 0 Å². The molecule has 1 atom stereocenters. The summed E-state index contributed by atoms with van der Waals surface area (Å²) in [6.45, 7) is 3.36. The minimum absolute atomic E-state index is 0.0417. The molecule has 1 N–H and O–H groups in total. The van der Waals surface area contributed by atoms with Gasteiger partial charge < -0.3 is 5.11 Å². The summed E-state index contributed by atoms with van der Waals surface area (Å²) in [4.78, 5) is 0. The van der Waals surface area contributed by atoms with E-state index in [0.29, 0.717) is 0 Å². The third-order valence-corrected chi connectivity index (χ3v) is 1.83. The van der Waals surface area contributed by atoms with Crippen LogP contribution in [0.1, 0.15) is 12.8 Å². The van der Waals surface area contributed by atoms with Gasteiger partial charge in [-0.15, -0.1) is 0 Å². The fourth-order valence-corrected chi connectivity index (χ4v) is 0.970. The van der Waals surface area contributed by atoms with Gasteiger partial charge in [0.15, 0.2) is 0 Å². The van der Waals surface area contributed by atoms with E-state index in [1.165, 1.54) is 6.08 Å². The van der Waals surface area contributed by atoms with Gasteiger partial charge in [0, 0.05) is 6.42 Å². The van der Waals surface area contributed by atoms with Crippen LogP contribution in [0.4, 0.5) is 8.78 Å². The maximum absolute atomic E-state index is 12.5. The molecule has 62 valence electrons. The zero-order valence-corrected chi connectivity index (χ0v) is 6.06. The maximum Gasteiger partial charge on any atom is 0.266 e. The molecule has 1 rings (SSSR count). The Bertz CT molecular complexity index is 198. The molecule has 11 heavy (non-hydrogen) atoms. The predicted octanol–water partition coefficient (Wildman–Crippen LogP) is 1.89. The highest BCUT2D eigenvalue weighted by Gasteiger charge is 2.35. The summed E-state index contributed by atoms with van der Waals surface area (Å²) in [5.41, 5.74) is -1.22. The third kappa shape index (κ3) is 1.87. The highest BCUT2D eigenvalue weighted by atomic mass is 19.3. The zero-order chi connectivity index (χ0) is 8.54. The van der Waals surface area contributed by atoms with Crippen LogP contribution in [0.25, 0.3) is 0 Å². The van der Waals surface area contributed by atoms with Crippen LogP contribution < -0.4 is 0 Å². The van der Waals surface area contributed by atoms with Crippen LogP contribution in [-0.4, -0.2) is 16.6 Å². The summed E-state index contributed by atoms with van der Waals surface area (Å²) in [5.74, 6) is -2.75. The van der Waals surface area contributed by atoms with E-state index in [9.17, 15) is 13.9 Å². The molecule has 0 aromatic carbocycles. The lowest BCUT2D eigenvalue weighted by atomic mass is 9.89. The third-order valence-electron chi connectivity index (χ3n) is 1.83. The summed E-state index contributed by atoms with van der Waals surface area (Å²) in [5, 5.41) is 9.37. The van der Waals surface area contributed by atoms with Crippen LogP contribution in [0.15, 0.2) is 24.8 Å².